The summed E-state index contributed by atoms with van der Waals surface area (Å²) in [7, 11) is 0. The van der Waals surface area contributed by atoms with Crippen LogP contribution in [0.5, 0.6) is 0 Å². The molecule has 0 atom stereocenters. The van der Waals surface area contributed by atoms with Gasteiger partial charge in [0.05, 0.1) is 16.7 Å². The van der Waals surface area contributed by atoms with Gasteiger partial charge in [-0.05, 0) is 99.1 Å². The van der Waals surface area contributed by atoms with E-state index in [4.69, 9.17) is 23.8 Å². The second kappa shape index (κ2) is 17.3. The van der Waals surface area contributed by atoms with E-state index in [9.17, 15) is 0 Å². The van der Waals surface area contributed by atoms with Crippen molar-refractivity contribution in [3.8, 4) is 84.4 Å². The van der Waals surface area contributed by atoms with E-state index in [-0.39, 0.29) is 0 Å². The molecule has 6 nitrogen and oxygen atoms in total. The zero-order chi connectivity index (χ0) is 49.4. The minimum absolute atomic E-state index is 0.567. The van der Waals surface area contributed by atoms with Crippen LogP contribution in [0.3, 0.4) is 0 Å². The molecule has 0 bridgehead atoms. The molecule has 0 saturated heterocycles. The van der Waals surface area contributed by atoms with Crippen molar-refractivity contribution in [2.75, 3.05) is 0 Å². The fourth-order valence-electron chi connectivity index (χ4n) is 11.1. The van der Waals surface area contributed by atoms with E-state index in [0.717, 1.165) is 111 Å². The number of benzene rings is 11. The van der Waals surface area contributed by atoms with E-state index in [1.807, 2.05) is 60.7 Å². The highest BCUT2D eigenvalue weighted by molar-refractivity contribution is 6.18. The predicted molar refractivity (Wildman–Crippen MR) is 307 cm³/mol. The molecule has 0 aliphatic heterocycles. The molecule has 11 aromatic carbocycles. The van der Waals surface area contributed by atoms with Crippen LogP contribution in [0.2, 0.25) is 0 Å². The van der Waals surface area contributed by atoms with Crippen molar-refractivity contribution < 1.29 is 8.83 Å². The van der Waals surface area contributed by atoms with Gasteiger partial charge in [0.2, 0.25) is 0 Å². The van der Waals surface area contributed by atoms with Crippen LogP contribution in [0.4, 0.5) is 0 Å². The molecule has 75 heavy (non-hydrogen) atoms. The summed E-state index contributed by atoms with van der Waals surface area (Å²) >= 11 is 0. The Morgan fingerprint density at radius 1 is 0.267 bits per heavy atom. The summed E-state index contributed by atoms with van der Waals surface area (Å²) in [6.45, 7) is 0. The van der Waals surface area contributed by atoms with E-state index in [1.165, 1.54) is 21.9 Å². The molecule has 0 fully saturated rings. The summed E-state index contributed by atoms with van der Waals surface area (Å²) in [6, 6.07) is 89.3. The lowest BCUT2D eigenvalue weighted by Crippen LogP contribution is -2.00. The first-order valence-electron chi connectivity index (χ1n) is 25.2. The van der Waals surface area contributed by atoms with Crippen LogP contribution in [0.15, 0.2) is 264 Å². The quantitative estimate of drug-likeness (QED) is 0.152. The van der Waals surface area contributed by atoms with Gasteiger partial charge in [-0.25, -0.2) is 15.0 Å². The molecule has 15 rings (SSSR count). The molecule has 0 N–H and O–H groups in total. The zero-order valence-electron chi connectivity index (χ0n) is 40.4. The van der Waals surface area contributed by atoms with Crippen LogP contribution in [0.1, 0.15) is 0 Å². The van der Waals surface area contributed by atoms with Crippen molar-refractivity contribution in [1.29, 1.82) is 0 Å². The van der Waals surface area contributed by atoms with Crippen molar-refractivity contribution in [1.82, 2.24) is 19.5 Å². The number of aromatic nitrogens is 4. The van der Waals surface area contributed by atoms with Crippen molar-refractivity contribution in [2.24, 2.45) is 0 Å². The van der Waals surface area contributed by atoms with Crippen LogP contribution >= 0.6 is 0 Å². The standard InChI is InChI=1S/C69H42N4O2/c1-4-17-43(18-5-1)45-33-35-47(36-34-45)68-70-67(46-21-8-3-9-22-46)71-69(72-68)55-28-16-32-63-65(55)64-52(27-15-31-62(64)74-63)50-24-14-23-48(39-50)51-41-57-54-26-11-13-30-61(54)75-66(57)60(42-51)73-58-29-12-10-25-53(58)56-40-49(37-38-59(56)73)44-19-6-2-7-20-44/h1-42H. The Bertz CT molecular complexity index is 4690. The highest BCUT2D eigenvalue weighted by Crippen LogP contribution is 2.45. The third-order valence-corrected chi connectivity index (χ3v) is 14.7. The molecular formula is C69H42N4O2. The number of furan rings is 2. The van der Waals surface area contributed by atoms with Gasteiger partial charge in [-0.3, -0.25) is 0 Å². The molecule has 0 amide bonds. The summed E-state index contributed by atoms with van der Waals surface area (Å²) in [5.74, 6) is 1.76. The molecule has 0 aliphatic carbocycles. The van der Waals surface area contributed by atoms with Crippen molar-refractivity contribution in [3.05, 3.63) is 255 Å². The van der Waals surface area contributed by atoms with Gasteiger partial charge in [0.25, 0.3) is 0 Å². The average Bonchev–Trinajstić information content (AvgIpc) is 4.25. The minimum atomic E-state index is 0.567. The minimum Gasteiger partial charge on any atom is -0.456 e. The Balaban J connectivity index is 0.900. The van der Waals surface area contributed by atoms with Gasteiger partial charge in [-0.1, -0.05) is 200 Å². The average molecular weight is 959 g/mol. The normalized spacial score (nSPS) is 11.7. The Morgan fingerprint density at radius 2 is 0.747 bits per heavy atom. The Labute approximate surface area is 431 Å². The van der Waals surface area contributed by atoms with Gasteiger partial charge < -0.3 is 13.4 Å². The van der Waals surface area contributed by atoms with Gasteiger partial charge in [0.15, 0.2) is 23.1 Å². The molecular weight excluding hydrogens is 917 g/mol. The zero-order valence-corrected chi connectivity index (χ0v) is 40.4. The summed E-state index contributed by atoms with van der Waals surface area (Å²) in [5, 5.41) is 6.44. The number of fused-ring (bicyclic) bond motifs is 9. The second-order valence-electron chi connectivity index (χ2n) is 19.1. The first-order chi connectivity index (χ1) is 37.2. The molecule has 4 heterocycles. The molecule has 0 unspecified atom stereocenters. The molecule has 0 saturated carbocycles. The van der Waals surface area contributed by atoms with Gasteiger partial charge in [-0.2, -0.15) is 0 Å². The fourth-order valence-corrected chi connectivity index (χ4v) is 11.1. The van der Waals surface area contributed by atoms with E-state index < -0.39 is 0 Å². The molecule has 0 radical (unpaired) electrons. The van der Waals surface area contributed by atoms with Crippen molar-refractivity contribution in [3.63, 3.8) is 0 Å². The number of para-hydroxylation sites is 2. The lowest BCUT2D eigenvalue weighted by atomic mass is 9.94. The summed E-state index contributed by atoms with van der Waals surface area (Å²) in [6.07, 6.45) is 0. The maximum atomic E-state index is 6.85. The fraction of sp³-hybridized carbons (Fsp3) is 0. The molecule has 0 spiro atoms. The van der Waals surface area contributed by atoms with E-state index >= 15 is 0 Å². The smallest absolute Gasteiger partial charge is 0.164 e. The Kier molecular flexibility index (Phi) is 9.78. The van der Waals surface area contributed by atoms with Crippen molar-refractivity contribution >= 4 is 65.7 Å². The van der Waals surface area contributed by atoms with Crippen LogP contribution in [-0.2, 0) is 0 Å². The van der Waals surface area contributed by atoms with Crippen LogP contribution < -0.4 is 0 Å². The van der Waals surface area contributed by atoms with Crippen molar-refractivity contribution in [2.45, 2.75) is 0 Å². The van der Waals surface area contributed by atoms with E-state index in [1.54, 1.807) is 0 Å². The van der Waals surface area contributed by atoms with Crippen LogP contribution in [-0.4, -0.2) is 19.5 Å². The number of hydrogen-bond donors (Lipinski definition) is 0. The Hall–Kier alpha value is -10.2. The topological polar surface area (TPSA) is 69.9 Å². The first kappa shape index (κ1) is 42.5. The van der Waals surface area contributed by atoms with E-state index in [2.05, 4.69) is 199 Å². The maximum absolute atomic E-state index is 6.85. The number of rotatable bonds is 8. The van der Waals surface area contributed by atoms with Gasteiger partial charge >= 0.3 is 0 Å². The highest BCUT2D eigenvalue weighted by atomic mass is 16.3. The van der Waals surface area contributed by atoms with Crippen LogP contribution in [0.25, 0.3) is 150 Å². The first-order valence-corrected chi connectivity index (χ1v) is 25.2. The van der Waals surface area contributed by atoms with Gasteiger partial charge in [0.1, 0.15) is 16.7 Å². The second-order valence-corrected chi connectivity index (χ2v) is 19.1. The Morgan fingerprint density at radius 3 is 1.49 bits per heavy atom. The lowest BCUT2D eigenvalue weighted by Gasteiger charge is -2.13. The monoisotopic (exact) mass is 958 g/mol. The number of nitrogens with zero attached hydrogens (tertiary/aromatic N) is 4. The SMILES string of the molecule is c1ccc(-c2ccc(-c3nc(-c4ccccc4)nc(-c4cccc5oc6cccc(-c7cccc(-c8cc(-n9c%10ccccc%10c%10cc(-c%11ccccc%11)ccc%109)c9oc%10ccccc%10c9c8)c7)c6c45)n3)cc2)cc1. The predicted octanol–water partition coefficient (Wildman–Crippen LogP) is 18.4. The highest BCUT2D eigenvalue weighted by Gasteiger charge is 2.23. The van der Waals surface area contributed by atoms with Gasteiger partial charge in [-0.15, -0.1) is 0 Å². The number of hydrogen-bond acceptors (Lipinski definition) is 5. The summed E-state index contributed by atoms with van der Waals surface area (Å²) < 4.78 is 16.0. The molecule has 350 valence electrons. The third-order valence-electron chi connectivity index (χ3n) is 14.7. The largest absolute Gasteiger partial charge is 0.456 e. The molecule has 15 aromatic rings. The third kappa shape index (κ3) is 7.14. The molecule has 6 heteroatoms. The van der Waals surface area contributed by atoms with E-state index in [0.29, 0.717) is 17.5 Å². The summed E-state index contributed by atoms with van der Waals surface area (Å²) in [5.41, 5.74) is 18.0. The lowest BCUT2D eigenvalue weighted by molar-refractivity contribution is 0.666. The molecule has 0 aliphatic rings. The molecule has 4 aromatic heterocycles. The summed E-state index contributed by atoms with van der Waals surface area (Å²) in [4.78, 5) is 15.5. The van der Waals surface area contributed by atoms with Gasteiger partial charge in [0, 0.05) is 49.0 Å². The maximum Gasteiger partial charge on any atom is 0.164 e. The van der Waals surface area contributed by atoms with Crippen LogP contribution in [0, 0.1) is 0 Å².